The van der Waals surface area contributed by atoms with Crippen molar-refractivity contribution in [2.45, 2.75) is 19.7 Å². The molecule has 0 spiro atoms. The first-order valence-corrected chi connectivity index (χ1v) is 10.4. The van der Waals surface area contributed by atoms with Gasteiger partial charge in [-0.2, -0.15) is 5.10 Å². The zero-order chi connectivity index (χ0) is 20.9. The van der Waals surface area contributed by atoms with E-state index in [1.807, 2.05) is 40.6 Å². The second kappa shape index (κ2) is 9.28. The van der Waals surface area contributed by atoms with Gasteiger partial charge in [0.2, 0.25) is 0 Å². The van der Waals surface area contributed by atoms with Crippen LogP contribution in [0.25, 0.3) is 5.57 Å². The second-order valence-corrected chi connectivity index (χ2v) is 7.65. The van der Waals surface area contributed by atoms with E-state index in [0.717, 1.165) is 36.8 Å². The molecule has 2 heterocycles. The van der Waals surface area contributed by atoms with Crippen LogP contribution in [0.15, 0.2) is 60.7 Å². The molecule has 0 saturated heterocycles. The van der Waals surface area contributed by atoms with E-state index in [1.54, 1.807) is 7.11 Å². The zero-order valence-electron chi connectivity index (χ0n) is 17.3. The van der Waals surface area contributed by atoms with Crippen LogP contribution in [-0.2, 0) is 20.3 Å². The predicted octanol–water partition coefficient (Wildman–Crippen LogP) is 4.29. The van der Waals surface area contributed by atoms with Gasteiger partial charge in [0.25, 0.3) is 0 Å². The van der Waals surface area contributed by atoms with Crippen LogP contribution >= 0.6 is 12.2 Å². The molecule has 0 radical (unpaired) electrons. The number of hydrogen-bond acceptors (Lipinski definition) is 5. The molecule has 6 nitrogen and oxygen atoms in total. The third-order valence-corrected chi connectivity index (χ3v) is 5.81. The summed E-state index contributed by atoms with van der Waals surface area (Å²) in [6.45, 7) is 2.91. The third-order valence-electron chi connectivity index (χ3n) is 5.33. The number of ether oxygens (including phenoxy) is 2. The molecule has 30 heavy (non-hydrogen) atoms. The molecule has 0 amide bonds. The molecule has 1 aromatic heterocycles. The Kier molecular flexibility index (Phi) is 6.30. The Labute approximate surface area is 182 Å². The number of aromatic nitrogens is 3. The lowest BCUT2D eigenvalue weighted by Crippen LogP contribution is -2.31. The molecule has 0 unspecified atom stereocenters. The van der Waals surface area contributed by atoms with Crippen molar-refractivity contribution in [3.8, 4) is 11.5 Å². The maximum Gasteiger partial charge on any atom is 0.198 e. The smallest absolute Gasteiger partial charge is 0.198 e. The minimum Gasteiger partial charge on any atom is -0.497 e. The van der Waals surface area contributed by atoms with Crippen LogP contribution in [0.2, 0.25) is 0 Å². The van der Waals surface area contributed by atoms with Crippen molar-refractivity contribution in [3.63, 3.8) is 0 Å². The summed E-state index contributed by atoms with van der Waals surface area (Å²) >= 11 is 5.60. The van der Waals surface area contributed by atoms with Gasteiger partial charge in [-0.3, -0.25) is 4.90 Å². The summed E-state index contributed by atoms with van der Waals surface area (Å²) in [4.78, 5) is 2.35. The highest BCUT2D eigenvalue weighted by Crippen LogP contribution is 2.22. The molecule has 0 fully saturated rings. The van der Waals surface area contributed by atoms with E-state index < -0.39 is 0 Å². The van der Waals surface area contributed by atoms with Gasteiger partial charge in [-0.15, -0.1) is 0 Å². The molecule has 3 aromatic rings. The van der Waals surface area contributed by atoms with E-state index >= 15 is 0 Å². The number of nitrogens with zero attached hydrogens (tertiary/aromatic N) is 4. The molecule has 0 aliphatic carbocycles. The Morgan fingerprint density at radius 3 is 2.43 bits per heavy atom. The Balaban J connectivity index is 1.38. The van der Waals surface area contributed by atoms with E-state index in [2.05, 4.69) is 41.3 Å². The van der Waals surface area contributed by atoms with E-state index in [0.29, 0.717) is 18.0 Å². The second-order valence-electron chi connectivity index (χ2n) is 7.29. The lowest BCUT2D eigenvalue weighted by Gasteiger charge is -2.26. The predicted molar refractivity (Wildman–Crippen MR) is 120 cm³/mol. The van der Waals surface area contributed by atoms with E-state index in [1.165, 1.54) is 11.1 Å². The summed E-state index contributed by atoms with van der Waals surface area (Å²) in [6, 6.07) is 18.1. The van der Waals surface area contributed by atoms with Crippen LogP contribution in [0.4, 0.5) is 0 Å². The summed E-state index contributed by atoms with van der Waals surface area (Å²) in [5, 5.41) is 4.69. The maximum atomic E-state index is 5.87. The van der Waals surface area contributed by atoms with Crippen LogP contribution in [0.3, 0.4) is 0 Å². The van der Waals surface area contributed by atoms with E-state index in [9.17, 15) is 0 Å². The molecule has 0 saturated carbocycles. The van der Waals surface area contributed by atoms with Crippen molar-refractivity contribution in [2.75, 3.05) is 20.2 Å². The van der Waals surface area contributed by atoms with Gasteiger partial charge in [0.05, 0.1) is 13.8 Å². The standard InChI is InChI=1S/C23H26N4O2S/c1-25-22(16-29-21-10-8-20(28-2)9-11-21)24-27(23(25)30)17-26-14-12-19(13-15-26)18-6-4-3-5-7-18/h3-12H,13-17H2,1-2H3. The molecule has 4 rings (SSSR count). The quantitative estimate of drug-likeness (QED) is 0.532. The first-order chi connectivity index (χ1) is 14.6. The van der Waals surface area contributed by atoms with Crippen LogP contribution in [0, 0.1) is 4.77 Å². The van der Waals surface area contributed by atoms with Crippen LogP contribution in [-0.4, -0.2) is 39.4 Å². The maximum absolute atomic E-state index is 5.87. The summed E-state index contributed by atoms with van der Waals surface area (Å²) in [6.07, 6.45) is 3.33. The van der Waals surface area contributed by atoms with Crippen molar-refractivity contribution < 1.29 is 9.47 Å². The Morgan fingerprint density at radius 2 is 1.77 bits per heavy atom. The number of benzene rings is 2. The Morgan fingerprint density at radius 1 is 1.03 bits per heavy atom. The van der Waals surface area contributed by atoms with Crippen molar-refractivity contribution >= 4 is 17.8 Å². The first kappa shape index (κ1) is 20.4. The molecular formula is C23H26N4O2S. The molecule has 7 heteroatoms. The zero-order valence-corrected chi connectivity index (χ0v) is 18.1. The highest BCUT2D eigenvalue weighted by molar-refractivity contribution is 7.71. The van der Waals surface area contributed by atoms with Crippen molar-refractivity contribution in [2.24, 2.45) is 7.05 Å². The average Bonchev–Trinajstić information content (AvgIpc) is 3.07. The molecule has 0 bridgehead atoms. The monoisotopic (exact) mass is 422 g/mol. The van der Waals surface area contributed by atoms with Gasteiger partial charge < -0.3 is 14.0 Å². The highest BCUT2D eigenvalue weighted by atomic mass is 32.1. The molecule has 1 aliphatic rings. The minimum absolute atomic E-state index is 0.359. The molecule has 156 valence electrons. The fraction of sp³-hybridized carbons (Fsp3) is 0.304. The number of methoxy groups -OCH3 is 1. The molecule has 2 aromatic carbocycles. The van der Waals surface area contributed by atoms with Crippen LogP contribution in [0.1, 0.15) is 17.8 Å². The van der Waals surface area contributed by atoms with Gasteiger partial charge in [0.1, 0.15) is 18.1 Å². The van der Waals surface area contributed by atoms with Crippen molar-refractivity contribution in [1.29, 1.82) is 0 Å². The topological polar surface area (TPSA) is 44.5 Å². The van der Waals surface area contributed by atoms with Gasteiger partial charge in [-0.25, -0.2) is 4.68 Å². The van der Waals surface area contributed by atoms with Crippen LogP contribution in [0.5, 0.6) is 11.5 Å². The summed E-state index contributed by atoms with van der Waals surface area (Å²) in [5.41, 5.74) is 2.72. The molecule has 1 aliphatic heterocycles. The Hall–Kier alpha value is -2.90. The lowest BCUT2D eigenvalue weighted by molar-refractivity contribution is 0.224. The summed E-state index contributed by atoms with van der Waals surface area (Å²) in [7, 11) is 3.58. The van der Waals surface area contributed by atoms with Crippen molar-refractivity contribution in [1.82, 2.24) is 19.2 Å². The average molecular weight is 423 g/mol. The molecular weight excluding hydrogens is 396 g/mol. The van der Waals surface area contributed by atoms with Gasteiger partial charge in [-0.05, 0) is 54.0 Å². The largest absolute Gasteiger partial charge is 0.497 e. The minimum atomic E-state index is 0.359. The SMILES string of the molecule is COc1ccc(OCc2nn(CN3CC=C(c4ccccc4)CC3)c(=S)n2C)cc1. The van der Waals surface area contributed by atoms with Gasteiger partial charge in [0, 0.05) is 20.1 Å². The number of rotatable bonds is 7. The Bertz CT molecular complexity index is 1070. The summed E-state index contributed by atoms with van der Waals surface area (Å²) < 4.78 is 15.5. The van der Waals surface area contributed by atoms with Gasteiger partial charge >= 0.3 is 0 Å². The normalized spacial score (nSPS) is 14.4. The fourth-order valence-corrected chi connectivity index (χ4v) is 3.72. The van der Waals surface area contributed by atoms with Gasteiger partial charge in [0.15, 0.2) is 10.6 Å². The van der Waals surface area contributed by atoms with Crippen molar-refractivity contribution in [3.05, 3.63) is 76.8 Å². The first-order valence-electron chi connectivity index (χ1n) is 10.0. The molecule has 0 N–H and O–H groups in total. The van der Waals surface area contributed by atoms with E-state index in [-0.39, 0.29) is 0 Å². The van der Waals surface area contributed by atoms with Crippen LogP contribution < -0.4 is 9.47 Å². The lowest BCUT2D eigenvalue weighted by atomic mass is 10.00. The molecule has 0 atom stereocenters. The summed E-state index contributed by atoms with van der Waals surface area (Å²) in [5.74, 6) is 2.37. The third kappa shape index (κ3) is 4.63. The highest BCUT2D eigenvalue weighted by Gasteiger charge is 2.16. The van der Waals surface area contributed by atoms with Gasteiger partial charge in [-0.1, -0.05) is 36.4 Å². The fourth-order valence-electron chi connectivity index (χ4n) is 3.51. The van der Waals surface area contributed by atoms with E-state index in [4.69, 9.17) is 26.8 Å². The number of hydrogen-bond donors (Lipinski definition) is 0.